The Kier molecular flexibility index (Phi) is 2.00. The van der Waals surface area contributed by atoms with E-state index in [0.717, 1.165) is 12.2 Å². The molecule has 1 heterocycles. The smallest absolute Gasteiger partial charge is 0.352 e. The van der Waals surface area contributed by atoms with Gasteiger partial charge in [0.05, 0.1) is 0 Å². The maximum Gasteiger partial charge on any atom is 0.352 e. The molecule has 0 saturated heterocycles. The first kappa shape index (κ1) is 7.46. The second-order valence-electron chi connectivity index (χ2n) is 1.73. The van der Waals surface area contributed by atoms with Gasteiger partial charge in [-0.3, -0.25) is 0 Å². The monoisotopic (exact) mass is 156 g/mol. The summed E-state index contributed by atoms with van der Waals surface area (Å²) in [5.41, 5.74) is 0. The van der Waals surface area contributed by atoms with Gasteiger partial charge in [-0.2, -0.15) is 0 Å². The van der Waals surface area contributed by atoms with Crippen LogP contribution in [0.3, 0.4) is 0 Å². The number of ether oxygens (including phenoxy) is 2. The average molecular weight is 156 g/mol. The van der Waals surface area contributed by atoms with Gasteiger partial charge in [0.1, 0.15) is 0 Å². The maximum absolute atomic E-state index is 10.5. The Balaban J connectivity index is 2.72. The Labute approximate surface area is 61.6 Å². The largest absolute Gasteiger partial charge is 0.450 e. The maximum atomic E-state index is 10.5. The molecule has 0 aromatic heterocycles. The zero-order valence-corrected chi connectivity index (χ0v) is 5.40. The standard InChI is InChI=1S/C6H4O5/c7-4-1-2-5(8)11-6(9)3-10-4/h1-2H,3H2/b2-1-. The van der Waals surface area contributed by atoms with Crippen molar-refractivity contribution in [2.45, 2.75) is 0 Å². The number of cyclic esters (lactones) is 3. The van der Waals surface area contributed by atoms with Crippen molar-refractivity contribution in [1.82, 2.24) is 0 Å². The summed E-state index contributed by atoms with van der Waals surface area (Å²) in [5.74, 6) is -2.45. The summed E-state index contributed by atoms with van der Waals surface area (Å²) in [6, 6.07) is 0. The first-order valence-corrected chi connectivity index (χ1v) is 2.78. The van der Waals surface area contributed by atoms with Crippen molar-refractivity contribution < 1.29 is 23.9 Å². The highest BCUT2D eigenvalue weighted by Gasteiger charge is 2.13. The molecule has 0 unspecified atom stereocenters. The van der Waals surface area contributed by atoms with E-state index in [2.05, 4.69) is 9.47 Å². The minimum atomic E-state index is -0.868. The minimum Gasteiger partial charge on any atom is -0.450 e. The van der Waals surface area contributed by atoms with E-state index in [4.69, 9.17) is 0 Å². The summed E-state index contributed by atoms with van der Waals surface area (Å²) in [4.78, 5) is 31.3. The zero-order chi connectivity index (χ0) is 8.27. The summed E-state index contributed by atoms with van der Waals surface area (Å²) in [6.07, 6.45) is 1.73. The van der Waals surface area contributed by atoms with Crippen LogP contribution in [0.1, 0.15) is 0 Å². The Morgan fingerprint density at radius 1 is 1.09 bits per heavy atom. The number of carbonyl (C=O) groups excluding carboxylic acids is 3. The molecule has 0 radical (unpaired) electrons. The van der Waals surface area contributed by atoms with Crippen LogP contribution < -0.4 is 0 Å². The minimum absolute atomic E-state index is 0.519. The second-order valence-corrected chi connectivity index (χ2v) is 1.73. The number of carbonyl (C=O) groups is 3. The van der Waals surface area contributed by atoms with E-state index in [-0.39, 0.29) is 0 Å². The van der Waals surface area contributed by atoms with Gasteiger partial charge < -0.3 is 9.47 Å². The van der Waals surface area contributed by atoms with Crippen LogP contribution in [-0.4, -0.2) is 24.5 Å². The lowest BCUT2D eigenvalue weighted by Gasteiger charge is -2.03. The van der Waals surface area contributed by atoms with Crippen molar-refractivity contribution in [3.8, 4) is 0 Å². The first-order valence-electron chi connectivity index (χ1n) is 2.78. The number of hydrogen-bond donors (Lipinski definition) is 0. The molecule has 0 spiro atoms. The topological polar surface area (TPSA) is 69.7 Å². The summed E-state index contributed by atoms with van der Waals surface area (Å²) in [5, 5.41) is 0. The van der Waals surface area contributed by atoms with Crippen LogP contribution in [0, 0.1) is 0 Å². The molecular weight excluding hydrogens is 152 g/mol. The Morgan fingerprint density at radius 2 is 1.73 bits per heavy atom. The van der Waals surface area contributed by atoms with Gasteiger partial charge in [0.15, 0.2) is 6.61 Å². The summed E-state index contributed by atoms with van der Waals surface area (Å²) in [6.45, 7) is -0.519. The van der Waals surface area contributed by atoms with Gasteiger partial charge in [-0.05, 0) is 0 Å². The van der Waals surface area contributed by atoms with E-state index in [0.29, 0.717) is 0 Å². The van der Waals surface area contributed by atoms with E-state index in [1.54, 1.807) is 0 Å². The lowest BCUT2D eigenvalue weighted by atomic mass is 10.5. The van der Waals surface area contributed by atoms with Crippen molar-refractivity contribution in [3.63, 3.8) is 0 Å². The van der Waals surface area contributed by atoms with Crippen LogP contribution in [0.15, 0.2) is 12.2 Å². The molecule has 0 aromatic rings. The van der Waals surface area contributed by atoms with Gasteiger partial charge in [0.25, 0.3) is 0 Å². The molecule has 0 saturated carbocycles. The van der Waals surface area contributed by atoms with Gasteiger partial charge in [0, 0.05) is 12.2 Å². The van der Waals surface area contributed by atoms with E-state index in [9.17, 15) is 14.4 Å². The molecule has 0 amide bonds. The average Bonchev–Trinajstić information content (AvgIpc) is 1.95. The molecule has 1 aliphatic heterocycles. The third kappa shape index (κ3) is 2.21. The van der Waals surface area contributed by atoms with Gasteiger partial charge in [-0.15, -0.1) is 0 Å². The fourth-order valence-electron chi connectivity index (χ4n) is 0.490. The number of rotatable bonds is 0. The van der Waals surface area contributed by atoms with Crippen LogP contribution in [0.4, 0.5) is 0 Å². The molecule has 58 valence electrons. The van der Waals surface area contributed by atoms with Gasteiger partial charge in [-0.25, -0.2) is 14.4 Å². The van der Waals surface area contributed by atoms with Gasteiger partial charge in [-0.1, -0.05) is 0 Å². The lowest BCUT2D eigenvalue weighted by molar-refractivity contribution is -0.164. The molecule has 1 rings (SSSR count). The first-order chi connectivity index (χ1) is 5.18. The van der Waals surface area contributed by atoms with Gasteiger partial charge >= 0.3 is 17.9 Å². The quantitative estimate of drug-likeness (QED) is 0.338. The lowest BCUT2D eigenvalue weighted by Crippen LogP contribution is -2.20. The van der Waals surface area contributed by atoms with E-state index in [1.807, 2.05) is 0 Å². The Bertz CT molecular complexity index is 239. The van der Waals surface area contributed by atoms with E-state index >= 15 is 0 Å². The van der Waals surface area contributed by atoms with Crippen LogP contribution in [0.25, 0.3) is 0 Å². The third-order valence-electron chi connectivity index (χ3n) is 0.902. The molecule has 5 nitrogen and oxygen atoms in total. The number of hydrogen-bond acceptors (Lipinski definition) is 5. The molecule has 0 atom stereocenters. The van der Waals surface area contributed by atoms with Crippen LogP contribution in [0.5, 0.6) is 0 Å². The van der Waals surface area contributed by atoms with Gasteiger partial charge in [0.2, 0.25) is 0 Å². The van der Waals surface area contributed by atoms with Crippen molar-refractivity contribution >= 4 is 17.9 Å². The molecule has 5 heteroatoms. The predicted molar refractivity (Wildman–Crippen MR) is 31.2 cm³/mol. The van der Waals surface area contributed by atoms with Crippen molar-refractivity contribution in [2.75, 3.05) is 6.61 Å². The fourth-order valence-corrected chi connectivity index (χ4v) is 0.490. The molecule has 0 bridgehead atoms. The molecule has 1 aliphatic rings. The van der Waals surface area contributed by atoms with Crippen molar-refractivity contribution in [3.05, 3.63) is 12.2 Å². The van der Waals surface area contributed by atoms with Crippen LogP contribution in [0.2, 0.25) is 0 Å². The highest BCUT2D eigenvalue weighted by Crippen LogP contribution is 1.92. The highest BCUT2D eigenvalue weighted by molar-refractivity contribution is 5.99. The summed E-state index contributed by atoms with van der Waals surface area (Å²) in [7, 11) is 0. The SMILES string of the molecule is O=C1/C=C\C(=O)OC(=O)CO1. The zero-order valence-electron chi connectivity index (χ0n) is 5.40. The molecule has 0 N–H and O–H groups in total. The summed E-state index contributed by atoms with van der Waals surface area (Å²) < 4.78 is 8.39. The van der Waals surface area contributed by atoms with E-state index < -0.39 is 24.5 Å². The normalized spacial score (nSPS) is 21.3. The molecule has 0 aromatic carbocycles. The second kappa shape index (κ2) is 2.96. The Hall–Kier alpha value is -1.65. The van der Waals surface area contributed by atoms with Crippen LogP contribution >= 0.6 is 0 Å². The Morgan fingerprint density at radius 3 is 2.45 bits per heavy atom. The van der Waals surface area contributed by atoms with E-state index in [1.165, 1.54) is 0 Å². The fraction of sp³-hybridized carbons (Fsp3) is 0.167. The molecule has 0 fully saturated rings. The molecule has 11 heavy (non-hydrogen) atoms. The highest BCUT2D eigenvalue weighted by atomic mass is 16.6. The van der Waals surface area contributed by atoms with Crippen molar-refractivity contribution in [1.29, 1.82) is 0 Å². The number of esters is 3. The van der Waals surface area contributed by atoms with Crippen molar-refractivity contribution in [2.24, 2.45) is 0 Å². The predicted octanol–water partition coefficient (Wildman–Crippen LogP) is -0.831. The third-order valence-corrected chi connectivity index (χ3v) is 0.902. The molecule has 0 aliphatic carbocycles. The van der Waals surface area contributed by atoms with Crippen LogP contribution in [-0.2, 0) is 23.9 Å². The molecular formula is C6H4O5. The summed E-state index contributed by atoms with van der Waals surface area (Å²) >= 11 is 0.